The highest BCUT2D eigenvalue weighted by atomic mass is 19.1. The van der Waals surface area contributed by atoms with E-state index in [-0.39, 0.29) is 22.9 Å². The van der Waals surface area contributed by atoms with Crippen LogP contribution in [0.1, 0.15) is 10.4 Å². The lowest BCUT2D eigenvalue weighted by atomic mass is 10.2. The standard InChI is InChI=1S/C13H11FN2O3/c1-18-13(17)8-4-3-7-16-12(8)19-11-9(14)5-2-6-10(11)15/h2-7H,15H2,1H3. The van der Waals surface area contributed by atoms with E-state index in [9.17, 15) is 9.18 Å². The van der Waals surface area contributed by atoms with E-state index in [1.54, 1.807) is 6.07 Å². The van der Waals surface area contributed by atoms with E-state index in [0.717, 1.165) is 0 Å². The summed E-state index contributed by atoms with van der Waals surface area (Å²) < 4.78 is 23.5. The number of halogens is 1. The zero-order chi connectivity index (χ0) is 13.8. The molecule has 2 aromatic rings. The van der Waals surface area contributed by atoms with Crippen molar-refractivity contribution >= 4 is 11.7 Å². The molecule has 0 bridgehead atoms. The van der Waals surface area contributed by atoms with Crippen LogP contribution in [0.25, 0.3) is 0 Å². The lowest BCUT2D eigenvalue weighted by molar-refractivity contribution is 0.0597. The summed E-state index contributed by atoms with van der Waals surface area (Å²) in [5.74, 6) is -1.50. The Balaban J connectivity index is 2.42. The molecule has 0 amide bonds. The molecule has 5 nitrogen and oxygen atoms in total. The van der Waals surface area contributed by atoms with E-state index < -0.39 is 11.8 Å². The number of pyridine rings is 1. The third kappa shape index (κ3) is 2.62. The van der Waals surface area contributed by atoms with Gasteiger partial charge < -0.3 is 15.2 Å². The number of methoxy groups -OCH3 is 1. The highest BCUT2D eigenvalue weighted by Gasteiger charge is 2.17. The SMILES string of the molecule is COC(=O)c1cccnc1Oc1c(N)cccc1F. The number of nitrogens with two attached hydrogens (primary N) is 1. The topological polar surface area (TPSA) is 74.4 Å². The minimum absolute atomic E-state index is 0.0637. The fraction of sp³-hybridized carbons (Fsp3) is 0.0769. The van der Waals surface area contributed by atoms with Gasteiger partial charge in [-0.2, -0.15) is 0 Å². The molecule has 1 heterocycles. The van der Waals surface area contributed by atoms with Crippen molar-refractivity contribution in [1.82, 2.24) is 4.98 Å². The predicted molar refractivity (Wildman–Crippen MR) is 66.5 cm³/mol. The van der Waals surface area contributed by atoms with E-state index in [0.29, 0.717) is 0 Å². The quantitative estimate of drug-likeness (QED) is 0.679. The smallest absolute Gasteiger partial charge is 0.343 e. The molecule has 0 radical (unpaired) electrons. The second kappa shape index (κ2) is 5.34. The van der Waals surface area contributed by atoms with Gasteiger partial charge in [0.05, 0.1) is 12.8 Å². The van der Waals surface area contributed by atoms with Gasteiger partial charge in [0.15, 0.2) is 11.6 Å². The molecule has 19 heavy (non-hydrogen) atoms. The first-order chi connectivity index (χ1) is 9.13. The Labute approximate surface area is 108 Å². The van der Waals surface area contributed by atoms with Gasteiger partial charge in [0.1, 0.15) is 5.56 Å². The van der Waals surface area contributed by atoms with Gasteiger partial charge in [-0.05, 0) is 24.3 Å². The number of anilines is 1. The molecular weight excluding hydrogens is 251 g/mol. The van der Waals surface area contributed by atoms with Crippen LogP contribution in [0.5, 0.6) is 11.6 Å². The molecule has 0 saturated heterocycles. The van der Waals surface area contributed by atoms with Crippen molar-refractivity contribution in [1.29, 1.82) is 0 Å². The summed E-state index contributed by atoms with van der Waals surface area (Å²) >= 11 is 0. The molecule has 2 rings (SSSR count). The average Bonchev–Trinajstić information content (AvgIpc) is 2.42. The Morgan fingerprint density at radius 1 is 1.32 bits per heavy atom. The zero-order valence-corrected chi connectivity index (χ0v) is 10.1. The van der Waals surface area contributed by atoms with Gasteiger partial charge in [-0.3, -0.25) is 0 Å². The molecule has 1 aromatic heterocycles. The first-order valence-corrected chi connectivity index (χ1v) is 5.38. The van der Waals surface area contributed by atoms with Gasteiger partial charge in [0.25, 0.3) is 0 Å². The van der Waals surface area contributed by atoms with Gasteiger partial charge >= 0.3 is 5.97 Å². The molecule has 6 heteroatoms. The number of ether oxygens (including phenoxy) is 2. The zero-order valence-electron chi connectivity index (χ0n) is 10.1. The second-order valence-corrected chi connectivity index (χ2v) is 3.61. The van der Waals surface area contributed by atoms with Gasteiger partial charge in [-0.15, -0.1) is 0 Å². The summed E-state index contributed by atoms with van der Waals surface area (Å²) in [4.78, 5) is 15.4. The Hall–Kier alpha value is -2.63. The number of aromatic nitrogens is 1. The normalized spacial score (nSPS) is 10.0. The van der Waals surface area contributed by atoms with Crippen LogP contribution in [-0.2, 0) is 4.74 Å². The van der Waals surface area contributed by atoms with Crippen LogP contribution in [0.3, 0.4) is 0 Å². The summed E-state index contributed by atoms with van der Waals surface area (Å²) in [5, 5.41) is 0. The Morgan fingerprint density at radius 2 is 2.11 bits per heavy atom. The number of carbonyl (C=O) groups excluding carboxylic acids is 1. The van der Waals surface area contributed by atoms with Crippen molar-refractivity contribution in [2.45, 2.75) is 0 Å². The summed E-state index contributed by atoms with van der Waals surface area (Å²) in [7, 11) is 1.23. The fourth-order valence-electron chi connectivity index (χ4n) is 1.47. The van der Waals surface area contributed by atoms with Crippen molar-refractivity contribution in [3.05, 3.63) is 47.9 Å². The lowest BCUT2D eigenvalue weighted by Crippen LogP contribution is -2.06. The first-order valence-electron chi connectivity index (χ1n) is 5.38. The fourth-order valence-corrected chi connectivity index (χ4v) is 1.47. The number of carbonyl (C=O) groups is 1. The van der Waals surface area contributed by atoms with Gasteiger partial charge in [0, 0.05) is 6.20 Å². The summed E-state index contributed by atoms with van der Waals surface area (Å²) in [6.07, 6.45) is 1.42. The number of hydrogen-bond donors (Lipinski definition) is 1. The van der Waals surface area contributed by atoms with E-state index in [1.165, 1.54) is 37.6 Å². The monoisotopic (exact) mass is 262 g/mol. The van der Waals surface area contributed by atoms with E-state index in [4.69, 9.17) is 10.5 Å². The van der Waals surface area contributed by atoms with Crippen molar-refractivity contribution in [3.63, 3.8) is 0 Å². The highest BCUT2D eigenvalue weighted by molar-refractivity contribution is 5.91. The van der Waals surface area contributed by atoms with Crippen molar-refractivity contribution < 1.29 is 18.7 Å². The van der Waals surface area contributed by atoms with Crippen LogP contribution in [-0.4, -0.2) is 18.1 Å². The Morgan fingerprint density at radius 3 is 2.79 bits per heavy atom. The van der Waals surface area contributed by atoms with Crippen LogP contribution >= 0.6 is 0 Å². The molecule has 0 aliphatic rings. The molecule has 2 N–H and O–H groups in total. The number of benzene rings is 1. The lowest BCUT2D eigenvalue weighted by Gasteiger charge is -2.10. The molecule has 98 valence electrons. The summed E-state index contributed by atoms with van der Waals surface area (Å²) in [5.41, 5.74) is 5.82. The third-order valence-electron chi connectivity index (χ3n) is 2.37. The molecule has 0 aliphatic carbocycles. The first kappa shape index (κ1) is 12.8. The average molecular weight is 262 g/mol. The van der Waals surface area contributed by atoms with E-state index in [1.807, 2.05) is 0 Å². The van der Waals surface area contributed by atoms with Gasteiger partial charge in [0.2, 0.25) is 5.88 Å². The second-order valence-electron chi connectivity index (χ2n) is 3.61. The van der Waals surface area contributed by atoms with Crippen LogP contribution < -0.4 is 10.5 Å². The molecule has 0 spiro atoms. The van der Waals surface area contributed by atoms with Crippen LogP contribution in [0.15, 0.2) is 36.5 Å². The van der Waals surface area contributed by atoms with Crippen molar-refractivity contribution in [2.75, 3.05) is 12.8 Å². The van der Waals surface area contributed by atoms with Gasteiger partial charge in [-0.1, -0.05) is 6.07 Å². The van der Waals surface area contributed by atoms with Crippen LogP contribution in [0.2, 0.25) is 0 Å². The molecule has 0 saturated carbocycles. The van der Waals surface area contributed by atoms with Crippen molar-refractivity contribution in [3.8, 4) is 11.6 Å². The Kier molecular flexibility index (Phi) is 3.61. The van der Waals surface area contributed by atoms with Crippen LogP contribution in [0, 0.1) is 5.82 Å². The molecule has 0 fully saturated rings. The molecule has 1 aromatic carbocycles. The number of nitrogen functional groups attached to an aromatic ring is 1. The molecule has 0 aliphatic heterocycles. The number of para-hydroxylation sites is 1. The predicted octanol–water partition coefficient (Wildman–Crippen LogP) is 2.38. The highest BCUT2D eigenvalue weighted by Crippen LogP contribution is 2.30. The number of rotatable bonds is 3. The number of esters is 1. The van der Waals surface area contributed by atoms with Crippen molar-refractivity contribution in [2.24, 2.45) is 0 Å². The molecular formula is C13H11FN2O3. The number of hydrogen-bond acceptors (Lipinski definition) is 5. The summed E-state index contributed by atoms with van der Waals surface area (Å²) in [6, 6.07) is 7.15. The third-order valence-corrected chi connectivity index (χ3v) is 2.37. The van der Waals surface area contributed by atoms with E-state index >= 15 is 0 Å². The minimum Gasteiger partial charge on any atom is -0.465 e. The Bertz CT molecular complexity index is 596. The summed E-state index contributed by atoms with van der Waals surface area (Å²) in [6.45, 7) is 0. The van der Waals surface area contributed by atoms with E-state index in [2.05, 4.69) is 9.72 Å². The molecule has 0 unspecified atom stereocenters. The van der Waals surface area contributed by atoms with Gasteiger partial charge in [-0.25, -0.2) is 14.2 Å². The molecule has 0 atom stereocenters. The number of nitrogens with zero attached hydrogens (tertiary/aromatic N) is 1. The van der Waals surface area contributed by atoms with Crippen LogP contribution in [0.4, 0.5) is 10.1 Å². The minimum atomic E-state index is -0.638. The maximum atomic E-state index is 13.6. The largest absolute Gasteiger partial charge is 0.465 e. The maximum Gasteiger partial charge on any atom is 0.343 e. The maximum absolute atomic E-state index is 13.6.